The van der Waals surface area contributed by atoms with Crippen LogP contribution in [0.3, 0.4) is 0 Å². The molecular weight excluding hydrogens is 188 g/mol. The average Bonchev–Trinajstić information content (AvgIpc) is 2.67. The Labute approximate surface area is 92.4 Å². The molecule has 2 rings (SSSR count). The van der Waals surface area contributed by atoms with E-state index < -0.39 is 0 Å². The normalized spacial score (nSPS) is 39.5. The Hall–Kier alpha value is -0.530. The molecule has 86 valence electrons. The van der Waals surface area contributed by atoms with Gasteiger partial charge in [-0.15, -0.1) is 0 Å². The van der Waals surface area contributed by atoms with E-state index in [0.717, 1.165) is 0 Å². The summed E-state index contributed by atoms with van der Waals surface area (Å²) in [6.07, 6.45) is 5.01. The zero-order valence-corrected chi connectivity index (χ0v) is 10.3. The van der Waals surface area contributed by atoms with E-state index >= 15 is 0 Å². The van der Waals surface area contributed by atoms with Crippen LogP contribution in [0.25, 0.3) is 0 Å². The van der Waals surface area contributed by atoms with E-state index in [-0.39, 0.29) is 22.9 Å². The third kappa shape index (κ3) is 1.91. The molecule has 0 radical (unpaired) electrons. The number of carbonyl (C=O) groups excluding carboxylic acids is 1. The van der Waals surface area contributed by atoms with Gasteiger partial charge in [-0.05, 0) is 44.9 Å². The lowest BCUT2D eigenvalue weighted by molar-refractivity contribution is -0.157. The SMILES string of the molecule is CC(C)(C)OC(=O)[C@@H]1[C@H]2CCCC[C@]21C. The molecule has 0 saturated heterocycles. The van der Waals surface area contributed by atoms with E-state index in [9.17, 15) is 4.79 Å². The lowest BCUT2D eigenvalue weighted by atomic mass is 9.90. The maximum absolute atomic E-state index is 12.0. The zero-order valence-electron chi connectivity index (χ0n) is 10.3. The number of ether oxygens (including phenoxy) is 1. The highest BCUT2D eigenvalue weighted by atomic mass is 16.6. The van der Waals surface area contributed by atoms with Crippen LogP contribution in [0.2, 0.25) is 0 Å². The van der Waals surface area contributed by atoms with Gasteiger partial charge in [-0.25, -0.2) is 0 Å². The molecule has 0 amide bonds. The number of rotatable bonds is 1. The highest BCUT2D eigenvalue weighted by Crippen LogP contribution is 2.66. The van der Waals surface area contributed by atoms with Crippen molar-refractivity contribution in [2.24, 2.45) is 17.3 Å². The van der Waals surface area contributed by atoms with Gasteiger partial charge in [0.2, 0.25) is 0 Å². The van der Waals surface area contributed by atoms with E-state index in [2.05, 4.69) is 6.92 Å². The van der Waals surface area contributed by atoms with E-state index in [1.54, 1.807) is 0 Å². The molecule has 2 heteroatoms. The molecule has 0 N–H and O–H groups in total. The first kappa shape index (κ1) is 11.0. The van der Waals surface area contributed by atoms with Crippen LogP contribution in [-0.4, -0.2) is 11.6 Å². The molecule has 2 saturated carbocycles. The molecule has 15 heavy (non-hydrogen) atoms. The minimum atomic E-state index is -0.334. The van der Waals surface area contributed by atoms with Crippen molar-refractivity contribution < 1.29 is 9.53 Å². The summed E-state index contributed by atoms with van der Waals surface area (Å²) in [6, 6.07) is 0. The standard InChI is InChI=1S/C13H22O2/c1-12(2,3)15-11(14)10-9-7-5-6-8-13(9,10)4/h9-10H,5-8H2,1-4H3/t9-,10+,13-/m1/s1. The number of esters is 1. The van der Waals surface area contributed by atoms with Crippen LogP contribution >= 0.6 is 0 Å². The first-order valence-corrected chi connectivity index (χ1v) is 6.07. The lowest BCUT2D eigenvalue weighted by Gasteiger charge is -2.20. The molecule has 0 aromatic carbocycles. The molecule has 2 aliphatic rings. The average molecular weight is 210 g/mol. The van der Waals surface area contributed by atoms with Crippen molar-refractivity contribution in [3.63, 3.8) is 0 Å². The fourth-order valence-electron chi connectivity index (χ4n) is 3.17. The molecule has 0 bridgehead atoms. The highest BCUT2D eigenvalue weighted by molar-refractivity contribution is 5.78. The van der Waals surface area contributed by atoms with Gasteiger partial charge in [0.15, 0.2) is 0 Å². The van der Waals surface area contributed by atoms with Gasteiger partial charge in [-0.2, -0.15) is 0 Å². The summed E-state index contributed by atoms with van der Waals surface area (Å²) >= 11 is 0. The smallest absolute Gasteiger partial charge is 0.310 e. The van der Waals surface area contributed by atoms with Crippen LogP contribution in [0, 0.1) is 17.3 Å². The molecule has 3 atom stereocenters. The third-order valence-electron chi connectivity index (χ3n) is 3.99. The van der Waals surface area contributed by atoms with E-state index in [1.165, 1.54) is 25.7 Å². The Balaban J connectivity index is 1.99. The molecule has 2 fully saturated rings. The van der Waals surface area contributed by atoms with Crippen LogP contribution in [0.5, 0.6) is 0 Å². The van der Waals surface area contributed by atoms with Crippen LogP contribution in [-0.2, 0) is 9.53 Å². The number of carbonyl (C=O) groups is 1. The van der Waals surface area contributed by atoms with Gasteiger partial charge in [-0.3, -0.25) is 4.79 Å². The largest absolute Gasteiger partial charge is 0.460 e. The molecule has 0 aromatic heterocycles. The maximum atomic E-state index is 12.0. The second-order valence-corrected chi connectivity index (χ2v) is 6.37. The Morgan fingerprint density at radius 3 is 2.47 bits per heavy atom. The van der Waals surface area contributed by atoms with Crippen molar-refractivity contribution in [3.05, 3.63) is 0 Å². The quantitative estimate of drug-likeness (QED) is 0.621. The first-order valence-electron chi connectivity index (χ1n) is 6.07. The van der Waals surface area contributed by atoms with Gasteiger partial charge >= 0.3 is 5.97 Å². The topological polar surface area (TPSA) is 26.3 Å². The summed E-state index contributed by atoms with van der Waals surface area (Å²) in [4.78, 5) is 12.0. The molecule has 2 aliphatic carbocycles. The summed E-state index contributed by atoms with van der Waals surface area (Å²) in [5.74, 6) is 0.845. The minimum Gasteiger partial charge on any atom is -0.460 e. The van der Waals surface area contributed by atoms with Crippen molar-refractivity contribution in [1.29, 1.82) is 0 Å². The summed E-state index contributed by atoms with van der Waals surface area (Å²) in [6.45, 7) is 8.09. The van der Waals surface area contributed by atoms with Crippen molar-refractivity contribution in [1.82, 2.24) is 0 Å². The number of hydrogen-bond acceptors (Lipinski definition) is 2. The predicted molar refractivity (Wildman–Crippen MR) is 59.4 cm³/mol. The van der Waals surface area contributed by atoms with Gasteiger partial charge in [0.1, 0.15) is 5.60 Å². The lowest BCUT2D eigenvalue weighted by Crippen LogP contribution is -2.26. The summed E-state index contributed by atoms with van der Waals surface area (Å²) in [7, 11) is 0. The van der Waals surface area contributed by atoms with Gasteiger partial charge in [-0.1, -0.05) is 19.8 Å². The third-order valence-corrected chi connectivity index (χ3v) is 3.99. The van der Waals surface area contributed by atoms with Crippen molar-refractivity contribution in [2.45, 2.75) is 59.0 Å². The zero-order chi connectivity index (χ0) is 11.3. The second-order valence-electron chi connectivity index (χ2n) is 6.37. The Kier molecular flexibility index (Phi) is 2.36. The highest BCUT2D eigenvalue weighted by Gasteiger charge is 2.65. The monoisotopic (exact) mass is 210 g/mol. The van der Waals surface area contributed by atoms with Gasteiger partial charge in [0.25, 0.3) is 0 Å². The fourth-order valence-corrected chi connectivity index (χ4v) is 3.17. The van der Waals surface area contributed by atoms with Crippen molar-refractivity contribution in [3.8, 4) is 0 Å². The Morgan fingerprint density at radius 1 is 1.33 bits per heavy atom. The van der Waals surface area contributed by atoms with Crippen molar-refractivity contribution >= 4 is 5.97 Å². The summed E-state index contributed by atoms with van der Waals surface area (Å²) in [5, 5.41) is 0. The van der Waals surface area contributed by atoms with Gasteiger partial charge < -0.3 is 4.74 Å². The molecule has 0 aliphatic heterocycles. The summed E-state index contributed by atoms with van der Waals surface area (Å²) in [5.41, 5.74) is -0.0558. The maximum Gasteiger partial charge on any atom is 0.310 e. The Bertz CT molecular complexity index is 277. The van der Waals surface area contributed by atoms with Crippen LogP contribution in [0.15, 0.2) is 0 Å². The second kappa shape index (κ2) is 3.23. The molecule has 0 heterocycles. The van der Waals surface area contributed by atoms with Gasteiger partial charge in [0.05, 0.1) is 5.92 Å². The van der Waals surface area contributed by atoms with Crippen LogP contribution < -0.4 is 0 Å². The molecule has 0 aromatic rings. The summed E-state index contributed by atoms with van der Waals surface area (Å²) < 4.78 is 5.48. The van der Waals surface area contributed by atoms with Crippen LogP contribution in [0.1, 0.15) is 53.4 Å². The molecule has 0 unspecified atom stereocenters. The van der Waals surface area contributed by atoms with E-state index in [0.29, 0.717) is 5.92 Å². The number of hydrogen-bond donors (Lipinski definition) is 0. The minimum absolute atomic E-state index is 0.0388. The molecule has 0 spiro atoms. The number of fused-ring (bicyclic) bond motifs is 1. The van der Waals surface area contributed by atoms with Gasteiger partial charge in [0, 0.05) is 0 Å². The first-order chi connectivity index (χ1) is 6.84. The van der Waals surface area contributed by atoms with Crippen LogP contribution in [0.4, 0.5) is 0 Å². The van der Waals surface area contributed by atoms with E-state index in [1.807, 2.05) is 20.8 Å². The molecular formula is C13H22O2. The predicted octanol–water partition coefficient (Wildman–Crippen LogP) is 3.15. The van der Waals surface area contributed by atoms with Crippen molar-refractivity contribution in [2.75, 3.05) is 0 Å². The fraction of sp³-hybridized carbons (Fsp3) is 0.923. The molecule has 2 nitrogen and oxygen atoms in total. The Morgan fingerprint density at radius 2 is 2.00 bits per heavy atom. The van der Waals surface area contributed by atoms with E-state index in [4.69, 9.17) is 4.74 Å².